The SMILES string of the molecule is CC(C)(C)C#Cc1cccc(CNC(C)(C)C)c1. The minimum atomic E-state index is 0.0552. The van der Waals surface area contributed by atoms with Crippen molar-refractivity contribution in [2.45, 2.75) is 53.6 Å². The molecule has 0 atom stereocenters. The number of nitrogens with one attached hydrogen (secondary N) is 1. The van der Waals surface area contributed by atoms with E-state index >= 15 is 0 Å². The van der Waals surface area contributed by atoms with Gasteiger partial charge in [-0.2, -0.15) is 0 Å². The molecule has 0 saturated carbocycles. The molecule has 1 heteroatoms. The lowest BCUT2D eigenvalue weighted by Crippen LogP contribution is -2.35. The van der Waals surface area contributed by atoms with Crippen molar-refractivity contribution >= 4 is 0 Å². The highest BCUT2D eigenvalue weighted by molar-refractivity contribution is 5.38. The van der Waals surface area contributed by atoms with Crippen LogP contribution in [0.3, 0.4) is 0 Å². The van der Waals surface area contributed by atoms with E-state index in [2.05, 4.69) is 83.0 Å². The van der Waals surface area contributed by atoms with Gasteiger partial charge >= 0.3 is 0 Å². The number of benzene rings is 1. The third kappa shape index (κ3) is 6.47. The van der Waals surface area contributed by atoms with Gasteiger partial charge in [0.1, 0.15) is 0 Å². The Labute approximate surface area is 112 Å². The van der Waals surface area contributed by atoms with Gasteiger partial charge in [0.05, 0.1) is 0 Å². The molecule has 0 aromatic heterocycles. The van der Waals surface area contributed by atoms with E-state index in [0.717, 1.165) is 12.1 Å². The van der Waals surface area contributed by atoms with E-state index in [4.69, 9.17) is 0 Å². The predicted octanol–water partition coefficient (Wildman–Crippen LogP) is 3.97. The van der Waals surface area contributed by atoms with Crippen LogP contribution in [0.25, 0.3) is 0 Å². The second-order valence-corrected chi connectivity index (χ2v) is 6.80. The molecular formula is C17H25N. The van der Waals surface area contributed by atoms with Gasteiger partial charge in [-0.3, -0.25) is 0 Å². The first-order chi connectivity index (χ1) is 8.16. The fourth-order valence-corrected chi connectivity index (χ4v) is 1.39. The Bertz CT molecular complexity index is 447. The van der Waals surface area contributed by atoms with Crippen molar-refractivity contribution in [3.05, 3.63) is 35.4 Å². The van der Waals surface area contributed by atoms with Crippen LogP contribution in [-0.2, 0) is 6.54 Å². The van der Waals surface area contributed by atoms with Gasteiger partial charge in [-0.05, 0) is 59.2 Å². The van der Waals surface area contributed by atoms with Gasteiger partial charge in [0.25, 0.3) is 0 Å². The molecule has 0 saturated heterocycles. The highest BCUT2D eigenvalue weighted by Gasteiger charge is 2.08. The van der Waals surface area contributed by atoms with Crippen LogP contribution in [0.2, 0.25) is 0 Å². The van der Waals surface area contributed by atoms with E-state index in [0.29, 0.717) is 0 Å². The molecule has 0 aliphatic heterocycles. The summed E-state index contributed by atoms with van der Waals surface area (Å²) in [5.41, 5.74) is 2.58. The maximum Gasteiger partial charge on any atom is 0.0248 e. The molecule has 0 unspecified atom stereocenters. The van der Waals surface area contributed by atoms with E-state index in [-0.39, 0.29) is 11.0 Å². The monoisotopic (exact) mass is 243 g/mol. The number of hydrogen-bond donors (Lipinski definition) is 1. The van der Waals surface area contributed by atoms with Gasteiger partial charge in [-0.15, -0.1) is 0 Å². The molecule has 1 aromatic carbocycles. The van der Waals surface area contributed by atoms with Crippen LogP contribution in [0, 0.1) is 17.3 Å². The van der Waals surface area contributed by atoms with Gasteiger partial charge in [-0.25, -0.2) is 0 Å². The topological polar surface area (TPSA) is 12.0 Å². The number of hydrogen-bond acceptors (Lipinski definition) is 1. The summed E-state index contributed by atoms with van der Waals surface area (Å²) in [6, 6.07) is 8.45. The Morgan fingerprint density at radius 2 is 1.72 bits per heavy atom. The molecule has 0 amide bonds. The lowest BCUT2D eigenvalue weighted by atomic mass is 9.97. The van der Waals surface area contributed by atoms with Crippen LogP contribution >= 0.6 is 0 Å². The second-order valence-electron chi connectivity index (χ2n) is 6.80. The summed E-state index contributed by atoms with van der Waals surface area (Å²) in [7, 11) is 0. The van der Waals surface area contributed by atoms with E-state index in [9.17, 15) is 0 Å². The van der Waals surface area contributed by atoms with Crippen molar-refractivity contribution in [3.63, 3.8) is 0 Å². The first-order valence-electron chi connectivity index (χ1n) is 6.53. The zero-order chi connectivity index (χ0) is 13.8. The van der Waals surface area contributed by atoms with Gasteiger partial charge in [0.15, 0.2) is 0 Å². The van der Waals surface area contributed by atoms with Crippen LogP contribution in [0.15, 0.2) is 24.3 Å². The van der Waals surface area contributed by atoms with E-state index in [1.54, 1.807) is 0 Å². The Morgan fingerprint density at radius 1 is 1.06 bits per heavy atom. The third-order valence-electron chi connectivity index (χ3n) is 2.33. The van der Waals surface area contributed by atoms with Crippen molar-refractivity contribution in [2.75, 3.05) is 0 Å². The lowest BCUT2D eigenvalue weighted by Gasteiger charge is -2.20. The highest BCUT2D eigenvalue weighted by atomic mass is 14.9. The Hall–Kier alpha value is -1.26. The third-order valence-corrected chi connectivity index (χ3v) is 2.33. The Morgan fingerprint density at radius 3 is 2.28 bits per heavy atom. The molecule has 1 N–H and O–H groups in total. The smallest absolute Gasteiger partial charge is 0.0248 e. The lowest BCUT2D eigenvalue weighted by molar-refractivity contribution is 0.424. The zero-order valence-electron chi connectivity index (χ0n) is 12.5. The molecule has 18 heavy (non-hydrogen) atoms. The molecule has 1 nitrogen and oxygen atoms in total. The summed E-state index contributed by atoms with van der Waals surface area (Å²) in [5, 5.41) is 3.49. The Kier molecular flexibility index (Phi) is 4.59. The van der Waals surface area contributed by atoms with Crippen molar-refractivity contribution in [1.82, 2.24) is 5.32 Å². The van der Waals surface area contributed by atoms with Crippen LogP contribution in [0.1, 0.15) is 52.7 Å². The standard InChI is InChI=1S/C17H25N/c1-16(2,3)11-10-14-8-7-9-15(12-14)13-18-17(4,5)6/h7-9,12,18H,13H2,1-6H3. The summed E-state index contributed by atoms with van der Waals surface area (Å²) in [6.45, 7) is 13.8. The van der Waals surface area contributed by atoms with Crippen molar-refractivity contribution in [3.8, 4) is 11.8 Å². The fourth-order valence-electron chi connectivity index (χ4n) is 1.39. The van der Waals surface area contributed by atoms with Gasteiger partial charge in [-0.1, -0.05) is 24.0 Å². The van der Waals surface area contributed by atoms with Crippen molar-refractivity contribution in [1.29, 1.82) is 0 Å². The molecule has 1 rings (SSSR count). The molecule has 0 heterocycles. The maximum absolute atomic E-state index is 3.49. The molecule has 98 valence electrons. The fraction of sp³-hybridized carbons (Fsp3) is 0.529. The summed E-state index contributed by atoms with van der Waals surface area (Å²) in [6.07, 6.45) is 0. The molecular weight excluding hydrogens is 218 g/mol. The minimum Gasteiger partial charge on any atom is -0.308 e. The summed E-state index contributed by atoms with van der Waals surface area (Å²) in [4.78, 5) is 0. The van der Waals surface area contributed by atoms with E-state index < -0.39 is 0 Å². The quantitative estimate of drug-likeness (QED) is 0.775. The van der Waals surface area contributed by atoms with Gasteiger partial charge in [0.2, 0.25) is 0 Å². The average Bonchev–Trinajstić information content (AvgIpc) is 2.22. The van der Waals surface area contributed by atoms with Crippen molar-refractivity contribution < 1.29 is 0 Å². The van der Waals surface area contributed by atoms with E-state index in [1.165, 1.54) is 5.56 Å². The first kappa shape index (κ1) is 14.8. The van der Waals surface area contributed by atoms with Gasteiger partial charge < -0.3 is 5.32 Å². The van der Waals surface area contributed by atoms with E-state index in [1.807, 2.05) is 0 Å². The summed E-state index contributed by atoms with van der Waals surface area (Å²) >= 11 is 0. The number of rotatable bonds is 2. The van der Waals surface area contributed by atoms with Crippen LogP contribution in [0.5, 0.6) is 0 Å². The predicted molar refractivity (Wildman–Crippen MR) is 79.4 cm³/mol. The van der Waals surface area contributed by atoms with Crippen LogP contribution in [-0.4, -0.2) is 5.54 Å². The molecule has 0 aliphatic carbocycles. The van der Waals surface area contributed by atoms with Gasteiger partial charge in [0, 0.05) is 23.1 Å². The molecule has 0 bridgehead atoms. The normalized spacial score (nSPS) is 11.9. The molecule has 1 aromatic rings. The largest absolute Gasteiger partial charge is 0.308 e. The molecule has 0 fully saturated rings. The van der Waals surface area contributed by atoms with Crippen molar-refractivity contribution in [2.24, 2.45) is 5.41 Å². The second kappa shape index (κ2) is 5.59. The first-order valence-corrected chi connectivity index (χ1v) is 6.53. The minimum absolute atomic E-state index is 0.0552. The molecule has 0 aliphatic rings. The molecule has 0 spiro atoms. The highest BCUT2D eigenvalue weighted by Crippen LogP contribution is 2.12. The average molecular weight is 243 g/mol. The zero-order valence-corrected chi connectivity index (χ0v) is 12.5. The molecule has 0 radical (unpaired) electrons. The van der Waals surface area contributed by atoms with Crippen LogP contribution in [0.4, 0.5) is 0 Å². The van der Waals surface area contributed by atoms with Crippen LogP contribution < -0.4 is 5.32 Å². The maximum atomic E-state index is 3.49. The summed E-state index contributed by atoms with van der Waals surface area (Å²) < 4.78 is 0. The Balaban J connectivity index is 2.76. The summed E-state index contributed by atoms with van der Waals surface area (Å²) in [5.74, 6) is 6.51.